The van der Waals surface area contributed by atoms with Gasteiger partial charge in [0.1, 0.15) is 5.82 Å². The molecule has 0 saturated heterocycles. The van der Waals surface area contributed by atoms with Crippen molar-refractivity contribution in [3.63, 3.8) is 0 Å². The molecule has 0 aromatic heterocycles. The van der Waals surface area contributed by atoms with E-state index < -0.39 is 5.92 Å². The normalized spacial score (nSPS) is 18.2. The molecule has 1 heterocycles. The average molecular weight is 443 g/mol. The summed E-state index contributed by atoms with van der Waals surface area (Å²) in [5, 5.41) is 3.21. The van der Waals surface area contributed by atoms with Crippen LogP contribution >= 0.6 is 23.2 Å². The minimum atomic E-state index is -2.65. The first kappa shape index (κ1) is 20.4. The summed E-state index contributed by atoms with van der Waals surface area (Å²) in [6.07, 6.45) is 0.193. The van der Waals surface area contributed by atoms with Gasteiger partial charge in [0, 0.05) is 38.0 Å². The molecule has 2 aromatic carbocycles. The van der Waals surface area contributed by atoms with Crippen molar-refractivity contribution in [3.05, 3.63) is 57.3 Å². The average Bonchev–Trinajstić information content (AvgIpc) is 2.62. The van der Waals surface area contributed by atoms with Crippen LogP contribution in [0, 0.1) is 11.7 Å². The monoisotopic (exact) mass is 442 g/mol. The lowest BCUT2D eigenvalue weighted by Gasteiger charge is -2.34. The Morgan fingerprint density at radius 1 is 1.14 bits per heavy atom. The lowest BCUT2D eigenvalue weighted by molar-refractivity contribution is -0.129. The Kier molecular flexibility index (Phi) is 5.42. The third-order valence-corrected chi connectivity index (χ3v) is 6.08. The summed E-state index contributed by atoms with van der Waals surface area (Å²) in [4.78, 5) is 14.3. The number of hydrogen-bond donors (Lipinski definition) is 1. The molecule has 0 atom stereocenters. The van der Waals surface area contributed by atoms with Gasteiger partial charge in [0.2, 0.25) is 11.8 Å². The highest BCUT2D eigenvalue weighted by Gasteiger charge is 2.45. The van der Waals surface area contributed by atoms with Crippen molar-refractivity contribution in [1.82, 2.24) is 0 Å². The van der Waals surface area contributed by atoms with Gasteiger partial charge in [-0.05, 0) is 47.7 Å². The van der Waals surface area contributed by atoms with Gasteiger partial charge in [-0.1, -0.05) is 29.3 Å². The molecule has 4 rings (SSSR count). The van der Waals surface area contributed by atoms with Crippen LogP contribution < -0.4 is 10.2 Å². The van der Waals surface area contributed by atoms with Crippen LogP contribution in [-0.4, -0.2) is 18.4 Å². The smallest absolute Gasteiger partial charge is 0.248 e. The molecular formula is C21H19Cl2F3N2O. The Morgan fingerprint density at radius 3 is 2.48 bits per heavy atom. The fourth-order valence-corrected chi connectivity index (χ4v) is 4.56. The maximum Gasteiger partial charge on any atom is 0.248 e. The molecule has 1 fully saturated rings. The number of nitrogens with one attached hydrogen (secondary N) is 1. The first-order valence-electron chi connectivity index (χ1n) is 9.39. The van der Waals surface area contributed by atoms with Crippen LogP contribution in [0.4, 0.5) is 24.5 Å². The highest BCUT2D eigenvalue weighted by Crippen LogP contribution is 2.44. The second kappa shape index (κ2) is 7.73. The van der Waals surface area contributed by atoms with Crippen LogP contribution in [-0.2, 0) is 17.8 Å². The number of anilines is 2. The number of alkyl halides is 2. The predicted octanol–water partition coefficient (Wildman–Crippen LogP) is 6.07. The molecule has 154 valence electrons. The third-order valence-electron chi connectivity index (χ3n) is 5.49. The van der Waals surface area contributed by atoms with Gasteiger partial charge in [-0.25, -0.2) is 13.2 Å². The van der Waals surface area contributed by atoms with Crippen molar-refractivity contribution >= 4 is 40.5 Å². The van der Waals surface area contributed by atoms with Gasteiger partial charge >= 0.3 is 0 Å². The molecule has 1 amide bonds. The van der Waals surface area contributed by atoms with Gasteiger partial charge in [-0.15, -0.1) is 0 Å². The third kappa shape index (κ3) is 4.48. The van der Waals surface area contributed by atoms with Gasteiger partial charge in [0.05, 0.1) is 15.7 Å². The highest BCUT2D eigenvalue weighted by molar-refractivity contribution is 6.40. The summed E-state index contributed by atoms with van der Waals surface area (Å²) in [5.74, 6) is -3.59. The van der Waals surface area contributed by atoms with Gasteiger partial charge in [-0.2, -0.15) is 0 Å². The lowest BCUT2D eigenvalue weighted by Crippen LogP contribution is -2.37. The first-order valence-corrected chi connectivity index (χ1v) is 10.1. The minimum absolute atomic E-state index is 0.0173. The number of rotatable bonds is 4. The Hall–Kier alpha value is -1.92. The maximum atomic E-state index is 13.4. The van der Waals surface area contributed by atoms with Gasteiger partial charge in [0.15, 0.2) is 0 Å². The zero-order valence-electron chi connectivity index (χ0n) is 15.5. The van der Waals surface area contributed by atoms with E-state index in [1.54, 1.807) is 24.3 Å². The van der Waals surface area contributed by atoms with Crippen LogP contribution in [0.2, 0.25) is 10.0 Å². The van der Waals surface area contributed by atoms with Crippen molar-refractivity contribution < 1.29 is 18.0 Å². The summed E-state index contributed by atoms with van der Waals surface area (Å²) < 4.78 is 39.3. The van der Waals surface area contributed by atoms with E-state index >= 15 is 0 Å². The number of carbonyl (C=O) groups is 1. The lowest BCUT2D eigenvalue weighted by atomic mass is 9.79. The van der Waals surface area contributed by atoms with Crippen molar-refractivity contribution in [1.29, 1.82) is 0 Å². The summed E-state index contributed by atoms with van der Waals surface area (Å²) in [6.45, 7) is 1.29. The molecule has 8 heteroatoms. The SMILES string of the molecule is O=C(CC1CC(F)(F)C1)Nc1c(Cl)cc(N2CCc3cc(F)ccc3C2)cc1Cl. The van der Waals surface area contributed by atoms with Gasteiger partial charge in [0.25, 0.3) is 0 Å². The molecule has 29 heavy (non-hydrogen) atoms. The summed E-state index contributed by atoms with van der Waals surface area (Å²) in [7, 11) is 0. The number of nitrogens with zero attached hydrogens (tertiary/aromatic N) is 1. The van der Waals surface area contributed by atoms with Crippen molar-refractivity contribution in [3.8, 4) is 0 Å². The van der Waals surface area contributed by atoms with Crippen molar-refractivity contribution in [2.24, 2.45) is 5.92 Å². The standard InChI is InChI=1S/C21H19Cl2F3N2O/c22-17-7-16(28-4-3-13-6-15(24)2-1-14(13)11-28)8-18(23)20(17)27-19(29)5-12-9-21(25,26)10-12/h1-2,6-8,12H,3-5,9-11H2,(H,27,29). The maximum absolute atomic E-state index is 13.4. The number of halogens is 5. The molecule has 3 nitrogen and oxygen atoms in total. The molecule has 0 unspecified atom stereocenters. The quantitative estimate of drug-likeness (QED) is 0.622. The van der Waals surface area contributed by atoms with Crippen LogP contribution in [0.3, 0.4) is 0 Å². The van der Waals surface area contributed by atoms with E-state index in [0.717, 1.165) is 16.8 Å². The van der Waals surface area contributed by atoms with Crippen molar-refractivity contribution in [2.75, 3.05) is 16.8 Å². The van der Waals surface area contributed by atoms with Crippen LogP contribution in [0.5, 0.6) is 0 Å². The summed E-state index contributed by atoms with van der Waals surface area (Å²) in [6, 6.07) is 8.21. The minimum Gasteiger partial charge on any atom is -0.367 e. The van der Waals surface area contributed by atoms with E-state index in [1.807, 2.05) is 0 Å². The van der Waals surface area contributed by atoms with Crippen LogP contribution in [0.1, 0.15) is 30.4 Å². The largest absolute Gasteiger partial charge is 0.367 e. The number of benzene rings is 2. The molecule has 1 N–H and O–H groups in total. The van der Waals surface area contributed by atoms with Crippen molar-refractivity contribution in [2.45, 2.75) is 38.2 Å². The fourth-order valence-electron chi connectivity index (χ4n) is 3.99. The van der Waals surface area contributed by atoms with E-state index in [1.165, 1.54) is 6.07 Å². The summed E-state index contributed by atoms with van der Waals surface area (Å²) >= 11 is 12.7. The molecule has 1 aliphatic carbocycles. The second-order valence-electron chi connectivity index (χ2n) is 7.75. The first-order chi connectivity index (χ1) is 13.7. The molecule has 2 aromatic rings. The molecule has 0 radical (unpaired) electrons. The summed E-state index contributed by atoms with van der Waals surface area (Å²) in [5.41, 5.74) is 3.11. The van der Waals surface area contributed by atoms with E-state index in [0.29, 0.717) is 19.5 Å². The fraction of sp³-hybridized carbons (Fsp3) is 0.381. The number of carbonyl (C=O) groups excluding carboxylic acids is 1. The zero-order chi connectivity index (χ0) is 20.8. The zero-order valence-corrected chi connectivity index (χ0v) is 17.0. The van der Waals surface area contributed by atoms with E-state index in [9.17, 15) is 18.0 Å². The van der Waals surface area contributed by atoms with Gasteiger partial charge < -0.3 is 10.2 Å². The molecular weight excluding hydrogens is 424 g/mol. The number of hydrogen-bond acceptors (Lipinski definition) is 2. The van der Waals surface area contributed by atoms with E-state index in [4.69, 9.17) is 23.2 Å². The van der Waals surface area contributed by atoms with E-state index in [-0.39, 0.29) is 52.6 Å². The Morgan fingerprint density at radius 2 is 1.83 bits per heavy atom. The number of fused-ring (bicyclic) bond motifs is 1. The van der Waals surface area contributed by atoms with Gasteiger partial charge in [-0.3, -0.25) is 4.79 Å². The van der Waals surface area contributed by atoms with E-state index in [2.05, 4.69) is 10.2 Å². The second-order valence-corrected chi connectivity index (χ2v) is 8.57. The predicted molar refractivity (Wildman–Crippen MR) is 109 cm³/mol. The molecule has 0 bridgehead atoms. The molecule has 1 saturated carbocycles. The Labute approximate surface area is 176 Å². The molecule has 0 spiro atoms. The highest BCUT2D eigenvalue weighted by atomic mass is 35.5. The Balaban J connectivity index is 1.45. The molecule has 2 aliphatic rings. The van der Waals surface area contributed by atoms with Crippen LogP contribution in [0.15, 0.2) is 30.3 Å². The topological polar surface area (TPSA) is 32.3 Å². The number of amides is 1. The molecule has 1 aliphatic heterocycles. The Bertz CT molecular complexity index is 936. The van der Waals surface area contributed by atoms with Crippen LogP contribution in [0.25, 0.3) is 0 Å².